The molecular formula is C33H51F6N5O7S2. The van der Waals surface area contributed by atoms with Crippen molar-refractivity contribution < 1.29 is 66.2 Å². The van der Waals surface area contributed by atoms with Gasteiger partial charge < -0.3 is 29.4 Å². The van der Waals surface area contributed by atoms with Crippen LogP contribution in [0.5, 0.6) is 0 Å². The van der Waals surface area contributed by atoms with Crippen LogP contribution in [0.15, 0.2) is 70.4 Å². The summed E-state index contributed by atoms with van der Waals surface area (Å²) in [5, 5.41) is 6.50. The minimum absolute atomic E-state index is 0. The van der Waals surface area contributed by atoms with Crippen molar-refractivity contribution in [3.05, 3.63) is 76.0 Å². The van der Waals surface area contributed by atoms with Crippen molar-refractivity contribution in [3.8, 4) is 0 Å². The summed E-state index contributed by atoms with van der Waals surface area (Å²) >= 11 is 0. The van der Waals surface area contributed by atoms with Gasteiger partial charge >= 0.3 is 11.0 Å². The molecule has 0 saturated carbocycles. The van der Waals surface area contributed by atoms with Crippen molar-refractivity contribution in [1.29, 1.82) is 0 Å². The topological polar surface area (TPSA) is 157 Å². The zero-order valence-electron chi connectivity index (χ0n) is 29.1. The van der Waals surface area contributed by atoms with E-state index < -0.39 is 31.3 Å². The van der Waals surface area contributed by atoms with Gasteiger partial charge in [-0.2, -0.15) is 30.9 Å². The zero-order chi connectivity index (χ0) is 39.4. The Morgan fingerprint density at radius 3 is 1.77 bits per heavy atom. The van der Waals surface area contributed by atoms with Gasteiger partial charge in [0.15, 0.2) is 39.2 Å². The monoisotopic (exact) mass is 807 g/mol. The molecule has 0 atom stereocenters. The molecule has 0 amide bonds. The number of ether oxygens (including phenoxy) is 1. The third kappa shape index (κ3) is 16.4. The number of para-hydroxylation sites is 1. The molecule has 0 fully saturated rings. The SMILES string of the molecule is C.C.CNC=C1CCC(C=[N+]2CCc3ccccc32)=C1NC.COC1=C(C=[N+](C)C)CC/C1=C\N(C)C.O=S(=O)([O-])C(F)(F)F.O=S(=O)([O-])C(F)(F)F. The summed E-state index contributed by atoms with van der Waals surface area (Å²) < 4.78 is 128. The maximum absolute atomic E-state index is 10.7. The molecular weight excluding hydrogens is 757 g/mol. The molecule has 0 bridgehead atoms. The van der Waals surface area contributed by atoms with Crippen LogP contribution < -0.4 is 10.6 Å². The van der Waals surface area contributed by atoms with Gasteiger partial charge in [0.05, 0.1) is 12.7 Å². The Bertz CT molecular complexity index is 1730. The second kappa shape index (κ2) is 21.7. The molecule has 304 valence electrons. The second-order valence-electron chi connectivity index (χ2n) is 11.4. The molecule has 12 nitrogen and oxygen atoms in total. The fraction of sp³-hybridized carbons (Fsp3) is 0.515. The van der Waals surface area contributed by atoms with Gasteiger partial charge in [0.2, 0.25) is 5.69 Å². The van der Waals surface area contributed by atoms with Gasteiger partial charge in [0.25, 0.3) is 0 Å². The summed E-state index contributed by atoms with van der Waals surface area (Å²) in [5.74, 6) is 1.04. The smallest absolute Gasteiger partial charge is 0.485 e. The number of allylic oxidation sites excluding steroid dienone is 4. The molecule has 2 N–H and O–H groups in total. The lowest BCUT2D eigenvalue weighted by molar-refractivity contribution is -0.459. The molecule has 0 spiro atoms. The van der Waals surface area contributed by atoms with E-state index in [2.05, 4.69) is 73.8 Å². The van der Waals surface area contributed by atoms with Gasteiger partial charge in [-0.1, -0.05) is 33.1 Å². The fourth-order valence-corrected chi connectivity index (χ4v) is 5.01. The van der Waals surface area contributed by atoms with Gasteiger partial charge in [-0.3, -0.25) is 0 Å². The number of likely N-dealkylation sites (N-methyl/N-ethyl adjacent to an activating group) is 1. The number of nitrogens with zero attached hydrogens (tertiary/aromatic N) is 3. The zero-order valence-corrected chi connectivity index (χ0v) is 30.8. The van der Waals surface area contributed by atoms with Crippen molar-refractivity contribution in [2.45, 2.75) is 58.0 Å². The van der Waals surface area contributed by atoms with Crippen LogP contribution in [0.2, 0.25) is 0 Å². The molecule has 2 aliphatic carbocycles. The lowest BCUT2D eigenvalue weighted by atomic mass is 10.2. The minimum atomic E-state index is -6.09. The number of hydrogen-bond donors (Lipinski definition) is 2. The normalized spacial score (nSPS) is 17.6. The highest BCUT2D eigenvalue weighted by Gasteiger charge is 2.37. The number of nitrogens with one attached hydrogen (secondary N) is 2. The molecule has 3 aliphatic rings. The number of halogens is 6. The quantitative estimate of drug-likeness (QED) is 0.129. The molecule has 1 heterocycles. The number of methoxy groups -OCH3 is 1. The molecule has 20 heteroatoms. The number of benzene rings is 1. The van der Waals surface area contributed by atoms with Crippen molar-refractivity contribution in [1.82, 2.24) is 15.5 Å². The molecule has 0 radical (unpaired) electrons. The highest BCUT2D eigenvalue weighted by molar-refractivity contribution is 7.86. The average molecular weight is 808 g/mol. The highest BCUT2D eigenvalue weighted by atomic mass is 32.2. The largest absolute Gasteiger partial charge is 0.741 e. The lowest BCUT2D eigenvalue weighted by Crippen LogP contribution is -2.21. The average Bonchev–Trinajstić information content (AvgIpc) is 3.69. The summed E-state index contributed by atoms with van der Waals surface area (Å²) in [4.78, 5) is 2.06. The maximum atomic E-state index is 10.7. The Kier molecular flexibility index (Phi) is 21.0. The number of rotatable bonds is 6. The van der Waals surface area contributed by atoms with Crippen LogP contribution in [0, 0.1) is 0 Å². The Labute approximate surface area is 309 Å². The van der Waals surface area contributed by atoms with Gasteiger partial charge in [0.1, 0.15) is 19.9 Å². The third-order valence-corrected chi connectivity index (χ3v) is 8.09. The predicted octanol–water partition coefficient (Wildman–Crippen LogP) is 5.17. The Balaban J connectivity index is 0. The van der Waals surface area contributed by atoms with E-state index in [0.717, 1.165) is 44.4 Å². The van der Waals surface area contributed by atoms with Gasteiger partial charge in [-0.05, 0) is 31.3 Å². The summed E-state index contributed by atoms with van der Waals surface area (Å²) in [6, 6.07) is 8.71. The van der Waals surface area contributed by atoms with Crippen LogP contribution in [-0.2, 0) is 31.4 Å². The van der Waals surface area contributed by atoms with Crippen molar-refractivity contribution >= 4 is 38.4 Å². The van der Waals surface area contributed by atoms with E-state index in [1.807, 2.05) is 42.3 Å². The van der Waals surface area contributed by atoms with E-state index in [0.29, 0.717) is 0 Å². The lowest BCUT2D eigenvalue weighted by Gasteiger charge is -2.09. The minimum Gasteiger partial charge on any atom is -0.741 e. The van der Waals surface area contributed by atoms with E-state index >= 15 is 0 Å². The molecule has 0 unspecified atom stereocenters. The fourth-order valence-electron chi connectivity index (χ4n) is 5.01. The summed E-state index contributed by atoms with van der Waals surface area (Å²) in [6.45, 7) is 1.09. The first kappa shape index (κ1) is 51.2. The van der Waals surface area contributed by atoms with Crippen molar-refractivity contribution in [2.24, 2.45) is 0 Å². The summed E-state index contributed by atoms with van der Waals surface area (Å²) in [5.41, 5.74) is -1.84. The van der Waals surface area contributed by atoms with Crippen LogP contribution in [0.25, 0.3) is 0 Å². The number of hydrogen-bond acceptors (Lipinski definition) is 10. The first-order chi connectivity index (χ1) is 23.4. The molecule has 53 heavy (non-hydrogen) atoms. The molecule has 0 aromatic heterocycles. The van der Waals surface area contributed by atoms with Gasteiger partial charge in [-0.25, -0.2) is 21.4 Å². The Morgan fingerprint density at radius 2 is 1.34 bits per heavy atom. The van der Waals surface area contributed by atoms with Crippen molar-refractivity contribution in [2.75, 3.05) is 55.9 Å². The van der Waals surface area contributed by atoms with E-state index in [1.54, 1.807) is 7.11 Å². The van der Waals surface area contributed by atoms with Crippen LogP contribution in [-0.4, -0.2) is 119 Å². The number of alkyl halides is 6. The third-order valence-electron chi connectivity index (χ3n) is 6.96. The molecule has 4 rings (SSSR count). The molecule has 1 aromatic rings. The van der Waals surface area contributed by atoms with Crippen LogP contribution in [0.4, 0.5) is 32.0 Å². The predicted molar refractivity (Wildman–Crippen MR) is 192 cm³/mol. The Morgan fingerprint density at radius 1 is 0.849 bits per heavy atom. The molecule has 0 saturated heterocycles. The number of fused-ring (bicyclic) bond motifs is 1. The second-order valence-corrected chi connectivity index (χ2v) is 14.1. The maximum Gasteiger partial charge on any atom is 0.485 e. The standard InChI is InChI=1S/C17H21N3.C12H21N2O.2CHF3O3S.2CH4/c1-18-11-14-7-8-15(17(14)19-2)12-20-10-9-13-5-3-4-6-16(13)20;1-13(2)8-10-6-7-11(9-14(3)4)12(10)15-5;2*2-1(3,4)8(5,6)7;;/h3-6,11-12H,7-10H2,1-2H3,(H,18,19);8-9H,6-7H2,1-5H3;2*(H,5,6,7);2*1H4/q;+1;;;;/p-1. The van der Waals surface area contributed by atoms with E-state index in [1.165, 1.54) is 39.2 Å². The highest BCUT2D eigenvalue weighted by Crippen LogP contribution is 2.32. The van der Waals surface area contributed by atoms with E-state index in [9.17, 15) is 26.3 Å². The summed E-state index contributed by atoms with van der Waals surface area (Å²) in [7, 11) is 1.67. The molecule has 1 aromatic carbocycles. The first-order valence-corrected chi connectivity index (χ1v) is 17.9. The Hall–Kier alpha value is -3.88. The van der Waals surface area contributed by atoms with Crippen LogP contribution >= 0.6 is 0 Å². The van der Waals surface area contributed by atoms with Crippen molar-refractivity contribution in [3.63, 3.8) is 0 Å². The molecule has 1 aliphatic heterocycles. The van der Waals surface area contributed by atoms with Gasteiger partial charge in [-0.15, -0.1) is 0 Å². The van der Waals surface area contributed by atoms with E-state index in [4.69, 9.17) is 30.7 Å². The van der Waals surface area contributed by atoms with Gasteiger partial charge in [0, 0.05) is 75.5 Å². The first-order valence-electron chi connectivity index (χ1n) is 15.0. The summed E-state index contributed by atoms with van der Waals surface area (Å²) in [6.07, 6.45) is 14.2. The van der Waals surface area contributed by atoms with E-state index in [-0.39, 0.29) is 14.9 Å². The van der Waals surface area contributed by atoms with Crippen LogP contribution in [0.1, 0.15) is 46.1 Å². The van der Waals surface area contributed by atoms with Crippen LogP contribution in [0.3, 0.4) is 0 Å².